The lowest BCUT2D eigenvalue weighted by Gasteiger charge is -2.12. The van der Waals surface area contributed by atoms with E-state index in [4.69, 9.17) is 0 Å². The second kappa shape index (κ2) is 5.36. The van der Waals surface area contributed by atoms with Crippen LogP contribution in [0, 0.1) is 6.92 Å². The number of urea groups is 1. The molecule has 2 rings (SSSR count). The van der Waals surface area contributed by atoms with E-state index >= 15 is 0 Å². The predicted octanol–water partition coefficient (Wildman–Crippen LogP) is 3.29. The van der Waals surface area contributed by atoms with Crippen LogP contribution in [-0.2, 0) is 0 Å². The highest BCUT2D eigenvalue weighted by molar-refractivity contribution is 5.94. The van der Waals surface area contributed by atoms with Crippen LogP contribution >= 0.6 is 0 Å². The average Bonchev–Trinajstić information content (AvgIpc) is 2.40. The summed E-state index contributed by atoms with van der Waals surface area (Å²) in [7, 11) is 1.59. The molecule has 0 aliphatic carbocycles. The first-order valence-corrected chi connectivity index (χ1v) is 5.71. The van der Waals surface area contributed by atoms with Crippen molar-refractivity contribution in [3.63, 3.8) is 0 Å². The Morgan fingerprint density at radius 3 is 2.50 bits per heavy atom. The van der Waals surface area contributed by atoms with Crippen molar-refractivity contribution in [3.8, 4) is 11.1 Å². The summed E-state index contributed by atoms with van der Waals surface area (Å²) in [6.07, 6.45) is 0. The van der Waals surface area contributed by atoms with E-state index in [-0.39, 0.29) is 6.03 Å². The van der Waals surface area contributed by atoms with E-state index in [1.165, 1.54) is 0 Å². The molecule has 2 amide bonds. The van der Waals surface area contributed by atoms with Crippen molar-refractivity contribution < 1.29 is 4.79 Å². The monoisotopic (exact) mass is 239 g/mol. The Bertz CT molecular complexity index is 550. The molecule has 0 aliphatic rings. The number of hydrogen-bond donors (Lipinski definition) is 2. The van der Waals surface area contributed by atoms with Gasteiger partial charge in [0.25, 0.3) is 0 Å². The molecule has 0 aliphatic heterocycles. The lowest BCUT2D eigenvalue weighted by Crippen LogP contribution is -2.24. The first-order chi connectivity index (χ1) is 8.70. The summed E-state index contributed by atoms with van der Waals surface area (Å²) in [6.45, 7) is 3.88. The molecule has 0 bridgehead atoms. The Kier molecular flexibility index (Phi) is 3.63. The third kappa shape index (κ3) is 2.69. The molecule has 2 aromatic rings. The molecule has 18 heavy (non-hydrogen) atoms. The molecule has 0 saturated carbocycles. The largest absolute Gasteiger partial charge is 0.341 e. The minimum absolute atomic E-state index is 0.238. The summed E-state index contributed by atoms with van der Waals surface area (Å²) >= 11 is 0. The number of benzene rings is 2. The summed E-state index contributed by atoms with van der Waals surface area (Å²) in [4.78, 5) is 11.4. The number of rotatable bonds is 2. The van der Waals surface area contributed by atoms with Crippen molar-refractivity contribution >= 4 is 11.7 Å². The van der Waals surface area contributed by atoms with E-state index in [2.05, 4.69) is 17.6 Å². The van der Waals surface area contributed by atoms with Gasteiger partial charge in [0.15, 0.2) is 0 Å². The normalized spacial score (nSPS) is 9.89. The van der Waals surface area contributed by atoms with Gasteiger partial charge >= 0.3 is 6.03 Å². The molecule has 0 saturated heterocycles. The second-order valence-corrected chi connectivity index (χ2v) is 3.95. The Morgan fingerprint density at radius 1 is 1.11 bits per heavy atom. The van der Waals surface area contributed by atoms with E-state index in [1.54, 1.807) is 7.05 Å². The maximum atomic E-state index is 11.4. The Hall–Kier alpha value is -2.29. The van der Waals surface area contributed by atoms with Gasteiger partial charge in [0.2, 0.25) is 0 Å². The predicted molar refractivity (Wildman–Crippen MR) is 74.4 cm³/mol. The van der Waals surface area contributed by atoms with E-state index in [1.807, 2.05) is 48.5 Å². The minimum Gasteiger partial charge on any atom is -0.341 e. The zero-order chi connectivity index (χ0) is 13.0. The van der Waals surface area contributed by atoms with Gasteiger partial charge in [-0.25, -0.2) is 4.79 Å². The van der Waals surface area contributed by atoms with Crippen LogP contribution in [0.25, 0.3) is 11.1 Å². The topological polar surface area (TPSA) is 41.1 Å². The van der Waals surface area contributed by atoms with Crippen LogP contribution < -0.4 is 10.6 Å². The number of nitrogens with one attached hydrogen (secondary N) is 2. The van der Waals surface area contributed by atoms with Crippen molar-refractivity contribution in [2.45, 2.75) is 0 Å². The van der Waals surface area contributed by atoms with E-state index in [0.717, 1.165) is 22.4 Å². The SMILES string of the molecule is [CH2]c1ccc(-c2ccccc2)c(NC(=O)NC)c1. The van der Waals surface area contributed by atoms with Gasteiger partial charge in [-0.15, -0.1) is 0 Å². The standard InChI is InChI=1S/C15H15N2O/c1-11-8-9-13(12-6-4-3-5-7-12)14(10-11)17-15(18)16-2/h3-10H,1H2,2H3,(H2,16,17,18). The molecule has 91 valence electrons. The van der Waals surface area contributed by atoms with Gasteiger partial charge in [-0.2, -0.15) is 0 Å². The number of amides is 2. The second-order valence-electron chi connectivity index (χ2n) is 3.95. The van der Waals surface area contributed by atoms with Gasteiger partial charge in [0.05, 0.1) is 5.69 Å². The zero-order valence-corrected chi connectivity index (χ0v) is 10.2. The molecule has 3 heteroatoms. The quantitative estimate of drug-likeness (QED) is 0.829. The molecular formula is C15H15N2O. The highest BCUT2D eigenvalue weighted by atomic mass is 16.2. The fourth-order valence-electron chi connectivity index (χ4n) is 1.75. The number of hydrogen-bond acceptors (Lipinski definition) is 1. The number of carbonyl (C=O) groups is 1. The summed E-state index contributed by atoms with van der Waals surface area (Å²) in [5.74, 6) is 0. The summed E-state index contributed by atoms with van der Waals surface area (Å²) in [5.41, 5.74) is 3.66. The summed E-state index contributed by atoms with van der Waals surface area (Å²) in [6, 6.07) is 15.4. The van der Waals surface area contributed by atoms with Crippen molar-refractivity contribution in [2.24, 2.45) is 0 Å². The van der Waals surface area contributed by atoms with Gasteiger partial charge in [0, 0.05) is 12.6 Å². The van der Waals surface area contributed by atoms with Gasteiger partial charge < -0.3 is 10.6 Å². The van der Waals surface area contributed by atoms with Crippen LogP contribution in [0.15, 0.2) is 48.5 Å². The highest BCUT2D eigenvalue weighted by Crippen LogP contribution is 2.28. The Labute approximate surface area is 107 Å². The van der Waals surface area contributed by atoms with Gasteiger partial charge in [-0.3, -0.25) is 0 Å². The lowest BCUT2D eigenvalue weighted by molar-refractivity contribution is 0.254. The molecule has 3 nitrogen and oxygen atoms in total. The van der Waals surface area contributed by atoms with Crippen molar-refractivity contribution in [3.05, 3.63) is 61.0 Å². The van der Waals surface area contributed by atoms with Crippen LogP contribution in [0.5, 0.6) is 0 Å². The number of carbonyl (C=O) groups excluding carboxylic acids is 1. The summed E-state index contributed by atoms with van der Waals surface area (Å²) in [5, 5.41) is 5.35. The van der Waals surface area contributed by atoms with Crippen LogP contribution in [0.4, 0.5) is 10.5 Å². The van der Waals surface area contributed by atoms with Crippen molar-refractivity contribution in [1.29, 1.82) is 0 Å². The first-order valence-electron chi connectivity index (χ1n) is 5.71. The maximum absolute atomic E-state index is 11.4. The molecule has 0 heterocycles. The van der Waals surface area contributed by atoms with Crippen LogP contribution in [0.3, 0.4) is 0 Å². The Balaban J connectivity index is 2.44. The molecule has 0 aromatic heterocycles. The van der Waals surface area contributed by atoms with E-state index in [9.17, 15) is 4.79 Å². The number of anilines is 1. The van der Waals surface area contributed by atoms with Gasteiger partial charge in [-0.05, 0) is 24.1 Å². The third-order valence-corrected chi connectivity index (χ3v) is 2.64. The fraction of sp³-hybridized carbons (Fsp3) is 0.0667. The van der Waals surface area contributed by atoms with Crippen LogP contribution in [0.1, 0.15) is 5.56 Å². The zero-order valence-electron chi connectivity index (χ0n) is 10.2. The van der Waals surface area contributed by atoms with Crippen LogP contribution in [-0.4, -0.2) is 13.1 Å². The molecule has 2 N–H and O–H groups in total. The molecule has 1 radical (unpaired) electrons. The first kappa shape index (κ1) is 12.2. The van der Waals surface area contributed by atoms with E-state index < -0.39 is 0 Å². The fourth-order valence-corrected chi connectivity index (χ4v) is 1.75. The van der Waals surface area contributed by atoms with Gasteiger partial charge in [-0.1, -0.05) is 42.5 Å². The molecule has 0 atom stereocenters. The smallest absolute Gasteiger partial charge is 0.318 e. The van der Waals surface area contributed by atoms with Gasteiger partial charge in [0.1, 0.15) is 0 Å². The molecule has 0 unspecified atom stereocenters. The third-order valence-electron chi connectivity index (χ3n) is 2.64. The molecule has 0 fully saturated rings. The Morgan fingerprint density at radius 2 is 1.83 bits per heavy atom. The maximum Gasteiger partial charge on any atom is 0.318 e. The lowest BCUT2D eigenvalue weighted by atomic mass is 10.0. The average molecular weight is 239 g/mol. The summed E-state index contributed by atoms with van der Waals surface area (Å²) < 4.78 is 0. The molecule has 0 spiro atoms. The van der Waals surface area contributed by atoms with Crippen LogP contribution in [0.2, 0.25) is 0 Å². The molecular weight excluding hydrogens is 224 g/mol. The van der Waals surface area contributed by atoms with Crippen molar-refractivity contribution in [2.75, 3.05) is 12.4 Å². The van der Waals surface area contributed by atoms with E-state index in [0.29, 0.717) is 0 Å². The minimum atomic E-state index is -0.238. The molecule has 2 aromatic carbocycles. The highest BCUT2D eigenvalue weighted by Gasteiger charge is 2.07. The van der Waals surface area contributed by atoms with Crippen molar-refractivity contribution in [1.82, 2.24) is 5.32 Å².